The smallest absolute Gasteiger partial charge is 0.316 e. The average Bonchev–Trinajstić information content (AvgIpc) is 3.12. The quantitative estimate of drug-likeness (QED) is 0.305. The Labute approximate surface area is 177 Å². The highest BCUT2D eigenvalue weighted by atomic mass is 35.5. The summed E-state index contributed by atoms with van der Waals surface area (Å²) >= 11 is 0. The van der Waals surface area contributed by atoms with Gasteiger partial charge in [0.25, 0.3) is 0 Å². The second-order valence-electron chi connectivity index (χ2n) is 9.16. The third-order valence-corrected chi connectivity index (χ3v) is 8.64. The third-order valence-electron chi connectivity index (χ3n) is 8.64. The highest BCUT2D eigenvalue weighted by Crippen LogP contribution is 2.74. The zero-order chi connectivity index (χ0) is 19.9. The second kappa shape index (κ2) is 6.20. The lowest BCUT2D eigenvalue weighted by Crippen LogP contribution is -3.00. The lowest BCUT2D eigenvalue weighted by molar-refractivity contribution is -0.944. The monoisotopic (exact) mass is 420 g/mol. The van der Waals surface area contributed by atoms with Crippen LogP contribution in [0.3, 0.4) is 0 Å². The van der Waals surface area contributed by atoms with E-state index in [-0.39, 0.29) is 30.9 Å². The van der Waals surface area contributed by atoms with Gasteiger partial charge in [-0.25, -0.2) is 0 Å². The maximum Gasteiger partial charge on any atom is 0.316 e. The molecule has 4 fully saturated rings. The van der Waals surface area contributed by atoms with Crippen LogP contribution in [0, 0.1) is 11.3 Å². The second-order valence-corrected chi connectivity index (χ2v) is 9.16. The normalized spacial score (nSPS) is 45.1. The Morgan fingerprint density at radius 2 is 2.14 bits per heavy atom. The predicted octanol–water partition coefficient (Wildman–Crippen LogP) is -1.61. The van der Waals surface area contributed by atoms with Crippen LogP contribution in [0.25, 0.3) is 0 Å². The number of carbonyl (C=O) groups is 1. The number of halogens is 1. The van der Waals surface area contributed by atoms with Gasteiger partial charge in [-0.3, -0.25) is 9.28 Å². The maximum atomic E-state index is 13.5. The Kier molecular flexibility index (Phi) is 4.42. The first-order valence-electron chi connectivity index (χ1n) is 10.1. The van der Waals surface area contributed by atoms with Crippen LogP contribution in [-0.2, 0) is 14.9 Å². The highest BCUT2D eigenvalue weighted by molar-refractivity contribution is 5.85. The number of ether oxygens (including phenoxy) is 1. The van der Waals surface area contributed by atoms with Gasteiger partial charge < -0.3 is 32.7 Å². The molecule has 4 aliphatic heterocycles. The number of rotatable bonds is 2. The molecule has 158 valence electrons. The van der Waals surface area contributed by atoms with E-state index in [2.05, 4.69) is 24.5 Å². The van der Waals surface area contributed by atoms with E-state index in [1.165, 1.54) is 7.11 Å². The van der Waals surface area contributed by atoms with Gasteiger partial charge >= 0.3 is 5.97 Å². The van der Waals surface area contributed by atoms with Crippen molar-refractivity contribution in [2.24, 2.45) is 11.3 Å². The number of likely N-dealkylation sites (N-methyl/N-ethyl adjacent to an activating group) is 1. The van der Waals surface area contributed by atoms with E-state index in [4.69, 9.17) is 4.74 Å². The van der Waals surface area contributed by atoms with Gasteiger partial charge in [0.15, 0.2) is 0 Å². The highest BCUT2D eigenvalue weighted by Gasteiger charge is 2.88. The number of hydrogen-bond donors (Lipinski definition) is 3. The van der Waals surface area contributed by atoms with Gasteiger partial charge in [-0.1, -0.05) is 24.3 Å². The summed E-state index contributed by atoms with van der Waals surface area (Å²) in [4.78, 5) is 13.5. The van der Waals surface area contributed by atoms with Crippen molar-refractivity contribution in [3.8, 4) is 0 Å². The molecule has 29 heavy (non-hydrogen) atoms. The van der Waals surface area contributed by atoms with Crippen LogP contribution < -0.4 is 17.7 Å². The summed E-state index contributed by atoms with van der Waals surface area (Å²) in [5.41, 5.74) is 0.476. The molecular weight excluding hydrogens is 392 g/mol. The third kappa shape index (κ3) is 1.84. The standard InChI is InChI=1S/C22H29N2O4.ClH/c1-4-14-12-24(2)10-9-21-15-7-5-6-8-17(15)23-22(21,24)18(26)11-16(14)20(21,13-25)19(27)28-3;/h4-8,16,18,23,25-26H,9-13H2,1-3H3;1H/q+1;/p-1/b14-4-;/t16-,18-,20+,21-,22-,24?;/m0./s1. The summed E-state index contributed by atoms with van der Waals surface area (Å²) in [5.74, 6) is -0.629. The topological polar surface area (TPSA) is 78.8 Å². The van der Waals surface area contributed by atoms with E-state index in [1.54, 1.807) is 0 Å². The molecule has 1 spiro atoms. The van der Waals surface area contributed by atoms with Crippen molar-refractivity contribution >= 4 is 11.7 Å². The van der Waals surface area contributed by atoms with Crippen LogP contribution in [0.1, 0.15) is 25.3 Å². The van der Waals surface area contributed by atoms with Crippen LogP contribution in [-0.4, -0.2) is 66.3 Å². The van der Waals surface area contributed by atoms with Crippen LogP contribution in [0.15, 0.2) is 35.9 Å². The minimum absolute atomic E-state index is 0. The van der Waals surface area contributed by atoms with Crippen molar-refractivity contribution in [3.63, 3.8) is 0 Å². The average molecular weight is 421 g/mol. The number of anilines is 1. The van der Waals surface area contributed by atoms with E-state index in [0.29, 0.717) is 17.3 Å². The number of hydrogen-bond acceptors (Lipinski definition) is 5. The number of benzene rings is 1. The molecule has 7 heteroatoms. The van der Waals surface area contributed by atoms with E-state index in [9.17, 15) is 15.0 Å². The number of esters is 1. The van der Waals surface area contributed by atoms with Crippen molar-refractivity contribution < 1.29 is 36.6 Å². The molecule has 1 aromatic rings. The minimum Gasteiger partial charge on any atom is -1.00 e. The zero-order valence-electron chi connectivity index (χ0n) is 17.1. The molecule has 3 saturated heterocycles. The molecule has 6 nitrogen and oxygen atoms in total. The fourth-order valence-electron chi connectivity index (χ4n) is 7.70. The number of nitrogens with zero attached hydrogens (tertiary/aromatic N) is 1. The molecule has 0 amide bonds. The lowest BCUT2D eigenvalue weighted by Gasteiger charge is -2.58. The Hall–Kier alpha value is -1.60. The fourth-order valence-corrected chi connectivity index (χ4v) is 7.70. The fraction of sp³-hybridized carbons (Fsp3) is 0.591. The number of quaternary nitrogens is 1. The molecule has 4 heterocycles. The largest absolute Gasteiger partial charge is 1.00 e. The molecule has 4 bridgehead atoms. The van der Waals surface area contributed by atoms with E-state index >= 15 is 0 Å². The summed E-state index contributed by atoms with van der Waals surface area (Å²) in [6.07, 6.45) is 2.59. The molecule has 6 rings (SSSR count). The van der Waals surface area contributed by atoms with Crippen molar-refractivity contribution in [1.29, 1.82) is 0 Å². The Balaban J connectivity index is 0.00000205. The first-order chi connectivity index (χ1) is 13.4. The van der Waals surface area contributed by atoms with Gasteiger partial charge in [-0.2, -0.15) is 0 Å². The van der Waals surface area contributed by atoms with Crippen molar-refractivity contribution in [3.05, 3.63) is 41.5 Å². The van der Waals surface area contributed by atoms with Crippen LogP contribution in [0.2, 0.25) is 0 Å². The summed E-state index contributed by atoms with van der Waals surface area (Å²) in [6, 6.07) is 8.04. The van der Waals surface area contributed by atoms with Gasteiger partial charge in [-0.05, 0) is 30.5 Å². The van der Waals surface area contributed by atoms with Gasteiger partial charge in [-0.15, -0.1) is 0 Å². The number of para-hydroxylation sites is 1. The molecule has 0 radical (unpaired) electrons. The summed E-state index contributed by atoms with van der Waals surface area (Å²) in [5, 5.41) is 26.2. The summed E-state index contributed by atoms with van der Waals surface area (Å²) < 4.78 is 5.98. The Morgan fingerprint density at radius 1 is 1.41 bits per heavy atom. The molecule has 0 aromatic heterocycles. The molecule has 5 aliphatic rings. The molecule has 3 N–H and O–H groups in total. The Bertz CT molecular complexity index is 907. The zero-order valence-corrected chi connectivity index (χ0v) is 17.9. The number of carbonyl (C=O) groups excluding carboxylic acids is 1. The lowest BCUT2D eigenvalue weighted by atomic mass is 9.45. The number of allylic oxidation sites excluding steroid dienone is 1. The number of fused-ring (bicyclic) bond motifs is 3. The van der Waals surface area contributed by atoms with Crippen molar-refractivity contribution in [2.45, 2.75) is 36.9 Å². The van der Waals surface area contributed by atoms with Gasteiger partial charge in [0, 0.05) is 18.0 Å². The van der Waals surface area contributed by atoms with E-state index < -0.39 is 22.6 Å². The van der Waals surface area contributed by atoms with Crippen molar-refractivity contribution in [1.82, 2.24) is 0 Å². The molecule has 1 unspecified atom stereocenters. The SMILES string of the molecule is C/C=C1/C[N+]2(C)CC[C@@]34c5ccccc5N[C@]32[C@@H](O)C[C@@H]1[C@]4(CO)C(=O)OC.[Cl-]. The Morgan fingerprint density at radius 3 is 2.79 bits per heavy atom. The van der Waals surface area contributed by atoms with E-state index in [0.717, 1.165) is 29.9 Å². The number of methoxy groups -OCH3 is 1. The molecule has 1 aromatic carbocycles. The molecule has 1 aliphatic carbocycles. The number of aliphatic hydroxyl groups excluding tert-OH is 2. The van der Waals surface area contributed by atoms with Gasteiger partial charge in [0.1, 0.15) is 18.1 Å². The van der Waals surface area contributed by atoms with E-state index in [1.807, 2.05) is 25.1 Å². The first-order valence-corrected chi connectivity index (χ1v) is 10.1. The number of aliphatic hydroxyl groups is 2. The molecular formula is C22H29ClN2O4. The predicted molar refractivity (Wildman–Crippen MR) is 104 cm³/mol. The van der Waals surface area contributed by atoms with Gasteiger partial charge in [0.2, 0.25) is 5.66 Å². The minimum atomic E-state index is -1.13. The maximum absolute atomic E-state index is 13.5. The van der Waals surface area contributed by atoms with Crippen LogP contribution in [0.4, 0.5) is 5.69 Å². The van der Waals surface area contributed by atoms with Gasteiger partial charge in [0.05, 0.1) is 32.7 Å². The molecule has 1 saturated carbocycles. The summed E-state index contributed by atoms with van der Waals surface area (Å²) in [7, 11) is 3.59. The van der Waals surface area contributed by atoms with Crippen LogP contribution >= 0.6 is 0 Å². The van der Waals surface area contributed by atoms with Crippen LogP contribution in [0.5, 0.6) is 0 Å². The number of nitrogens with one attached hydrogen (secondary N) is 1. The summed E-state index contributed by atoms with van der Waals surface area (Å²) in [6.45, 7) is 3.26. The van der Waals surface area contributed by atoms with Crippen molar-refractivity contribution in [2.75, 3.05) is 39.2 Å². The first kappa shape index (κ1) is 20.7. The molecule has 6 atom stereocenters.